The molecule has 1 aromatic heterocycles. The molecule has 1 aromatic carbocycles. The summed E-state index contributed by atoms with van der Waals surface area (Å²) in [5.74, 6) is 1.49. The lowest BCUT2D eigenvalue weighted by Gasteiger charge is -2.39. The Balaban J connectivity index is 1.34. The molecule has 8 heteroatoms. The van der Waals surface area contributed by atoms with Gasteiger partial charge in [0.15, 0.2) is 0 Å². The molecule has 2 saturated heterocycles. The number of hydrogen-bond acceptors (Lipinski definition) is 5. The Kier molecular flexibility index (Phi) is 6.43. The van der Waals surface area contributed by atoms with E-state index in [1.807, 2.05) is 0 Å². The fraction of sp³-hybridized carbons (Fsp3) is 0.636. The molecule has 164 valence electrons. The van der Waals surface area contributed by atoms with Crippen LogP contribution in [0.15, 0.2) is 28.8 Å². The van der Waals surface area contributed by atoms with Crippen molar-refractivity contribution >= 4 is 0 Å². The Morgan fingerprint density at radius 2 is 1.87 bits per heavy atom. The third kappa shape index (κ3) is 5.21. The third-order valence-electron chi connectivity index (χ3n) is 6.33. The van der Waals surface area contributed by atoms with E-state index in [0.717, 1.165) is 38.2 Å². The van der Waals surface area contributed by atoms with Gasteiger partial charge in [-0.3, -0.25) is 4.90 Å². The molecule has 0 bridgehead atoms. The topological polar surface area (TPSA) is 45.4 Å². The normalized spacial score (nSPS) is 24.3. The van der Waals surface area contributed by atoms with E-state index in [0.29, 0.717) is 35.8 Å². The van der Waals surface area contributed by atoms with Crippen molar-refractivity contribution in [2.45, 2.75) is 57.8 Å². The Morgan fingerprint density at radius 1 is 1.07 bits per heavy atom. The minimum Gasteiger partial charge on any atom is -0.338 e. The quantitative estimate of drug-likeness (QED) is 0.690. The number of nitrogens with zero attached hydrogens (tertiary/aromatic N) is 4. The van der Waals surface area contributed by atoms with Crippen LogP contribution in [-0.2, 0) is 12.7 Å². The predicted octanol–water partition coefficient (Wildman–Crippen LogP) is 4.84. The highest BCUT2D eigenvalue weighted by Gasteiger charge is 2.30. The Bertz CT molecular complexity index is 821. The summed E-state index contributed by atoms with van der Waals surface area (Å²) in [5, 5.41) is 3.96. The summed E-state index contributed by atoms with van der Waals surface area (Å²) in [7, 11) is 0. The Morgan fingerprint density at radius 3 is 2.60 bits per heavy atom. The molecule has 2 unspecified atom stereocenters. The molecule has 30 heavy (non-hydrogen) atoms. The van der Waals surface area contributed by atoms with Gasteiger partial charge in [-0.2, -0.15) is 18.2 Å². The molecule has 2 fully saturated rings. The summed E-state index contributed by atoms with van der Waals surface area (Å²) in [5.41, 5.74) is -0.161. The first-order valence-corrected chi connectivity index (χ1v) is 10.8. The van der Waals surface area contributed by atoms with Crippen molar-refractivity contribution in [2.75, 3.05) is 26.2 Å². The number of aromatic nitrogens is 2. The maximum absolute atomic E-state index is 12.7. The first kappa shape index (κ1) is 21.3. The highest BCUT2D eigenvalue weighted by atomic mass is 19.4. The molecule has 0 aliphatic carbocycles. The van der Waals surface area contributed by atoms with E-state index < -0.39 is 11.7 Å². The molecule has 0 amide bonds. The van der Waals surface area contributed by atoms with Gasteiger partial charge >= 0.3 is 6.18 Å². The molecule has 4 rings (SSSR count). The molecule has 2 aromatic rings. The average molecular weight is 422 g/mol. The van der Waals surface area contributed by atoms with E-state index in [2.05, 4.69) is 26.9 Å². The van der Waals surface area contributed by atoms with E-state index in [-0.39, 0.29) is 0 Å². The average Bonchev–Trinajstić information content (AvgIpc) is 3.18. The summed E-state index contributed by atoms with van der Waals surface area (Å²) in [4.78, 5) is 9.39. The summed E-state index contributed by atoms with van der Waals surface area (Å²) in [6, 6.07) is 5.53. The zero-order chi connectivity index (χ0) is 21.1. The van der Waals surface area contributed by atoms with Crippen LogP contribution in [0, 0.1) is 5.92 Å². The number of rotatable bonds is 5. The van der Waals surface area contributed by atoms with Crippen LogP contribution in [0.25, 0.3) is 11.4 Å². The van der Waals surface area contributed by atoms with Crippen LogP contribution < -0.4 is 0 Å². The first-order chi connectivity index (χ1) is 14.4. The van der Waals surface area contributed by atoms with Crippen LogP contribution in [0.2, 0.25) is 0 Å². The standard InChI is InChI=1S/C22H29F3N4O/c1-16-5-2-3-12-29(16)14-17-6-4-11-28(13-17)15-20-26-21(27-30-20)18-7-9-19(10-8-18)22(23,24)25/h7-10,16-17H,2-6,11-15H2,1H3. The number of halogens is 3. The Hall–Kier alpha value is -1.93. The van der Waals surface area contributed by atoms with Crippen molar-refractivity contribution in [1.82, 2.24) is 19.9 Å². The second-order valence-corrected chi connectivity index (χ2v) is 8.67. The number of hydrogen-bond donors (Lipinski definition) is 0. The maximum Gasteiger partial charge on any atom is 0.416 e. The summed E-state index contributed by atoms with van der Waals surface area (Å²) in [6.07, 6.45) is 2.00. The molecule has 2 aliphatic heterocycles. The third-order valence-corrected chi connectivity index (χ3v) is 6.33. The lowest BCUT2D eigenvalue weighted by Crippen LogP contribution is -2.45. The molecule has 3 heterocycles. The number of alkyl halides is 3. The highest BCUT2D eigenvalue weighted by Crippen LogP contribution is 2.30. The molecule has 0 radical (unpaired) electrons. The van der Waals surface area contributed by atoms with Gasteiger partial charge < -0.3 is 9.42 Å². The van der Waals surface area contributed by atoms with Crippen LogP contribution >= 0.6 is 0 Å². The highest BCUT2D eigenvalue weighted by molar-refractivity contribution is 5.54. The second kappa shape index (κ2) is 9.06. The summed E-state index contributed by atoms with van der Waals surface area (Å²) in [6.45, 7) is 7.29. The Labute approximate surface area is 175 Å². The second-order valence-electron chi connectivity index (χ2n) is 8.67. The smallest absolute Gasteiger partial charge is 0.338 e. The van der Waals surface area contributed by atoms with Crippen molar-refractivity contribution in [3.05, 3.63) is 35.7 Å². The molecular weight excluding hydrogens is 393 g/mol. The lowest BCUT2D eigenvalue weighted by molar-refractivity contribution is -0.137. The van der Waals surface area contributed by atoms with E-state index in [1.54, 1.807) is 0 Å². The lowest BCUT2D eigenvalue weighted by atomic mass is 9.95. The van der Waals surface area contributed by atoms with Gasteiger partial charge in [0.1, 0.15) is 0 Å². The van der Waals surface area contributed by atoms with Crippen molar-refractivity contribution < 1.29 is 17.7 Å². The van der Waals surface area contributed by atoms with Crippen LogP contribution in [0.4, 0.5) is 13.2 Å². The van der Waals surface area contributed by atoms with Gasteiger partial charge in [-0.1, -0.05) is 23.7 Å². The van der Waals surface area contributed by atoms with Crippen LogP contribution in [0.3, 0.4) is 0 Å². The van der Waals surface area contributed by atoms with E-state index in [4.69, 9.17) is 4.52 Å². The SMILES string of the molecule is CC1CCCCN1CC1CCCN(Cc2nc(-c3ccc(C(F)(F)F)cc3)no2)C1. The van der Waals surface area contributed by atoms with Gasteiger partial charge in [0.05, 0.1) is 12.1 Å². The zero-order valence-electron chi connectivity index (χ0n) is 17.4. The molecule has 0 N–H and O–H groups in total. The number of piperidine rings is 2. The van der Waals surface area contributed by atoms with Gasteiger partial charge in [-0.25, -0.2) is 0 Å². The van der Waals surface area contributed by atoms with Gasteiger partial charge in [-0.05, 0) is 63.7 Å². The van der Waals surface area contributed by atoms with Gasteiger partial charge in [0, 0.05) is 24.7 Å². The zero-order valence-corrected chi connectivity index (χ0v) is 17.4. The van der Waals surface area contributed by atoms with Crippen LogP contribution in [0.1, 0.15) is 50.5 Å². The summed E-state index contributed by atoms with van der Waals surface area (Å²) < 4.78 is 43.6. The molecule has 2 atom stereocenters. The van der Waals surface area contributed by atoms with Crippen molar-refractivity contribution in [2.24, 2.45) is 5.92 Å². The van der Waals surface area contributed by atoms with Crippen molar-refractivity contribution in [1.29, 1.82) is 0 Å². The molecule has 2 aliphatic rings. The summed E-state index contributed by atoms with van der Waals surface area (Å²) >= 11 is 0. The van der Waals surface area contributed by atoms with E-state index >= 15 is 0 Å². The monoisotopic (exact) mass is 422 g/mol. The fourth-order valence-corrected chi connectivity index (χ4v) is 4.64. The van der Waals surface area contributed by atoms with Gasteiger partial charge in [-0.15, -0.1) is 0 Å². The molecule has 5 nitrogen and oxygen atoms in total. The van der Waals surface area contributed by atoms with Crippen LogP contribution in [-0.4, -0.2) is 52.2 Å². The minimum absolute atomic E-state index is 0.328. The fourth-order valence-electron chi connectivity index (χ4n) is 4.64. The first-order valence-electron chi connectivity index (χ1n) is 10.8. The number of benzene rings is 1. The van der Waals surface area contributed by atoms with Crippen molar-refractivity contribution in [3.8, 4) is 11.4 Å². The van der Waals surface area contributed by atoms with Gasteiger partial charge in [0.2, 0.25) is 11.7 Å². The number of likely N-dealkylation sites (tertiary alicyclic amines) is 2. The van der Waals surface area contributed by atoms with Crippen LogP contribution in [0.5, 0.6) is 0 Å². The minimum atomic E-state index is -4.35. The molecule has 0 spiro atoms. The van der Waals surface area contributed by atoms with Gasteiger partial charge in [0.25, 0.3) is 0 Å². The van der Waals surface area contributed by atoms with Crippen molar-refractivity contribution in [3.63, 3.8) is 0 Å². The van der Waals surface area contributed by atoms with E-state index in [1.165, 1.54) is 44.4 Å². The predicted molar refractivity (Wildman–Crippen MR) is 108 cm³/mol. The van der Waals surface area contributed by atoms with E-state index in [9.17, 15) is 13.2 Å². The molecule has 0 saturated carbocycles. The molecular formula is C22H29F3N4O. The largest absolute Gasteiger partial charge is 0.416 e. The maximum atomic E-state index is 12.7.